The first-order valence-electron chi connectivity index (χ1n) is 9.17. The monoisotopic (exact) mass is 327 g/mol. The zero-order valence-electron chi connectivity index (χ0n) is 15.7. The average Bonchev–Trinajstić information content (AvgIpc) is 2.59. The van der Waals surface area contributed by atoms with Crippen LogP contribution < -0.4 is 5.32 Å². The van der Waals surface area contributed by atoms with Crippen LogP contribution in [0.2, 0.25) is 0 Å². The number of hydrogen-bond acceptors (Lipinski definition) is 1. The maximum atomic E-state index is 4.49. The second kappa shape index (κ2) is 4.09. The molecule has 1 heterocycles. The van der Waals surface area contributed by atoms with Crippen molar-refractivity contribution in [1.29, 1.82) is 0 Å². The summed E-state index contributed by atoms with van der Waals surface area (Å²) in [6.07, 6.45) is 4.68. The Kier molecular flexibility index (Phi) is 2.46. The summed E-state index contributed by atoms with van der Waals surface area (Å²) in [5, 5.41) is 6.57. The molecule has 0 fully saturated rings. The van der Waals surface area contributed by atoms with Crippen LogP contribution in [0.1, 0.15) is 51.3 Å². The Hall–Kier alpha value is -2.28. The van der Waals surface area contributed by atoms with Gasteiger partial charge in [-0.1, -0.05) is 56.8 Å². The predicted octanol–water partition coefficient (Wildman–Crippen LogP) is 5.61. The number of rotatable bonds is 0. The third-order valence-corrected chi connectivity index (χ3v) is 7.28. The van der Waals surface area contributed by atoms with E-state index in [0.29, 0.717) is 0 Å². The average molecular weight is 327 g/mol. The molecule has 1 N–H and O–H groups in total. The Balaban J connectivity index is 2.04. The second-order valence-corrected chi connectivity index (χ2v) is 8.86. The van der Waals surface area contributed by atoms with Gasteiger partial charge in [0.05, 0.1) is 5.54 Å². The summed E-state index contributed by atoms with van der Waals surface area (Å²) < 4.78 is 0. The topological polar surface area (TPSA) is 12.0 Å². The molecule has 0 bridgehead atoms. The van der Waals surface area contributed by atoms with Gasteiger partial charge in [0.25, 0.3) is 0 Å². The summed E-state index contributed by atoms with van der Waals surface area (Å²) in [7, 11) is 0. The molecule has 3 aliphatic rings. The quantitative estimate of drug-likeness (QED) is 0.620. The van der Waals surface area contributed by atoms with E-state index >= 15 is 0 Å². The van der Waals surface area contributed by atoms with E-state index < -0.39 is 0 Å². The normalized spacial score (nSPS) is 31.3. The molecule has 0 radical (unpaired) electrons. The van der Waals surface area contributed by atoms with Gasteiger partial charge < -0.3 is 5.32 Å². The fraction of sp³-hybridized carbons (Fsp3) is 0.333. The van der Waals surface area contributed by atoms with E-state index in [0.717, 1.165) is 0 Å². The molecule has 0 saturated heterocycles. The lowest BCUT2D eigenvalue weighted by atomic mass is 9.53. The molecular formula is C24H25N. The minimum absolute atomic E-state index is 0.0274. The molecule has 1 heteroatoms. The zero-order chi connectivity index (χ0) is 17.8. The first-order valence-corrected chi connectivity index (χ1v) is 9.17. The molecule has 0 aromatic heterocycles. The van der Waals surface area contributed by atoms with Crippen molar-refractivity contribution in [3.8, 4) is 0 Å². The van der Waals surface area contributed by atoms with Gasteiger partial charge in [-0.15, -0.1) is 0 Å². The van der Waals surface area contributed by atoms with Crippen LogP contribution in [0.4, 0.5) is 0 Å². The van der Waals surface area contributed by atoms with E-state index in [-0.39, 0.29) is 16.4 Å². The van der Waals surface area contributed by atoms with Crippen molar-refractivity contribution in [3.63, 3.8) is 0 Å². The Morgan fingerprint density at radius 2 is 1.72 bits per heavy atom. The van der Waals surface area contributed by atoms with E-state index in [9.17, 15) is 0 Å². The van der Waals surface area contributed by atoms with Gasteiger partial charge >= 0.3 is 0 Å². The highest BCUT2D eigenvalue weighted by Gasteiger charge is 2.55. The highest BCUT2D eigenvalue weighted by molar-refractivity contribution is 5.98. The minimum Gasteiger partial charge on any atom is -0.374 e. The predicted molar refractivity (Wildman–Crippen MR) is 107 cm³/mol. The number of benzene rings is 2. The summed E-state index contributed by atoms with van der Waals surface area (Å²) in [6.45, 7) is 16.0. The Morgan fingerprint density at radius 3 is 2.40 bits per heavy atom. The van der Waals surface area contributed by atoms with E-state index in [2.05, 4.69) is 89.0 Å². The molecule has 1 nitrogen and oxygen atoms in total. The highest BCUT2D eigenvalue weighted by atomic mass is 15.0. The Labute approximate surface area is 150 Å². The smallest absolute Gasteiger partial charge is 0.0657 e. The molecule has 5 rings (SSSR count). The van der Waals surface area contributed by atoms with Crippen molar-refractivity contribution >= 4 is 16.5 Å². The lowest BCUT2D eigenvalue weighted by molar-refractivity contribution is 0.288. The van der Waals surface area contributed by atoms with Crippen molar-refractivity contribution in [3.05, 3.63) is 76.9 Å². The Bertz CT molecular complexity index is 1050. The summed E-state index contributed by atoms with van der Waals surface area (Å²) >= 11 is 0. The maximum absolute atomic E-state index is 4.49. The third-order valence-electron chi connectivity index (χ3n) is 7.28. The van der Waals surface area contributed by atoms with Crippen LogP contribution in [0.3, 0.4) is 0 Å². The first-order chi connectivity index (χ1) is 11.7. The number of nitrogens with one attached hydrogen (secondary N) is 1. The standard InChI is InChI=1S/C24H25N/c1-14-15(2)22(3,4)20-17-10-8-7-9-16(17)13-18-19(20)21(14)25-24(6)12-11-23(18,24)5/h7-13,25H,2H2,1,3-6H3. The SMILES string of the molecule is C=C1C(C)=C2NC3(C)C=CC3(C)c3cc4ccccc4c(c32)C1(C)C. The molecule has 2 unspecified atom stereocenters. The van der Waals surface area contributed by atoms with Crippen LogP contribution in [0.5, 0.6) is 0 Å². The van der Waals surface area contributed by atoms with Crippen LogP contribution >= 0.6 is 0 Å². The van der Waals surface area contributed by atoms with Gasteiger partial charge in [0.2, 0.25) is 0 Å². The van der Waals surface area contributed by atoms with E-state index in [1.165, 1.54) is 44.3 Å². The molecule has 25 heavy (non-hydrogen) atoms. The van der Waals surface area contributed by atoms with Crippen molar-refractivity contribution in [1.82, 2.24) is 5.32 Å². The molecule has 0 spiro atoms. The molecule has 2 aromatic rings. The second-order valence-electron chi connectivity index (χ2n) is 8.86. The number of hydrogen-bond donors (Lipinski definition) is 1. The highest BCUT2D eigenvalue weighted by Crippen LogP contribution is 2.58. The molecule has 0 amide bonds. The Morgan fingerprint density at radius 1 is 1.00 bits per heavy atom. The maximum Gasteiger partial charge on any atom is 0.0657 e. The van der Waals surface area contributed by atoms with Crippen molar-refractivity contribution in [2.24, 2.45) is 0 Å². The largest absolute Gasteiger partial charge is 0.374 e. The van der Waals surface area contributed by atoms with Gasteiger partial charge in [0, 0.05) is 22.1 Å². The molecule has 126 valence electrons. The first kappa shape index (κ1) is 15.0. The molecule has 2 atom stereocenters. The molecule has 1 aliphatic heterocycles. The molecule has 0 saturated carbocycles. The van der Waals surface area contributed by atoms with Crippen LogP contribution in [0.15, 0.2) is 60.2 Å². The fourth-order valence-corrected chi connectivity index (χ4v) is 5.16. The van der Waals surface area contributed by atoms with Gasteiger partial charge in [-0.2, -0.15) is 0 Å². The van der Waals surface area contributed by atoms with Crippen LogP contribution in [-0.2, 0) is 10.8 Å². The van der Waals surface area contributed by atoms with Gasteiger partial charge in [-0.3, -0.25) is 0 Å². The third kappa shape index (κ3) is 1.47. The zero-order valence-corrected chi connectivity index (χ0v) is 15.7. The molecule has 2 aromatic carbocycles. The summed E-state index contributed by atoms with van der Waals surface area (Å²) in [6, 6.07) is 11.2. The lowest BCUT2D eigenvalue weighted by Gasteiger charge is -2.58. The van der Waals surface area contributed by atoms with Crippen LogP contribution in [0.25, 0.3) is 16.5 Å². The minimum atomic E-state index is -0.0717. The van der Waals surface area contributed by atoms with Crippen LogP contribution in [0, 0.1) is 0 Å². The van der Waals surface area contributed by atoms with Gasteiger partial charge in [-0.05, 0) is 59.9 Å². The van der Waals surface area contributed by atoms with E-state index in [1.807, 2.05) is 0 Å². The van der Waals surface area contributed by atoms with Gasteiger partial charge in [0.1, 0.15) is 0 Å². The van der Waals surface area contributed by atoms with Crippen molar-refractivity contribution in [2.75, 3.05) is 0 Å². The van der Waals surface area contributed by atoms with Gasteiger partial charge in [0.15, 0.2) is 0 Å². The van der Waals surface area contributed by atoms with E-state index in [4.69, 9.17) is 0 Å². The summed E-state index contributed by atoms with van der Waals surface area (Å²) in [5.74, 6) is 0. The van der Waals surface area contributed by atoms with Crippen LogP contribution in [-0.4, -0.2) is 5.54 Å². The lowest BCUT2D eigenvalue weighted by Crippen LogP contribution is -2.63. The van der Waals surface area contributed by atoms with Crippen molar-refractivity contribution in [2.45, 2.75) is 51.0 Å². The van der Waals surface area contributed by atoms with Crippen molar-refractivity contribution < 1.29 is 0 Å². The van der Waals surface area contributed by atoms with Gasteiger partial charge in [-0.25, -0.2) is 0 Å². The molecular weight excluding hydrogens is 302 g/mol. The fourth-order valence-electron chi connectivity index (χ4n) is 5.16. The summed E-state index contributed by atoms with van der Waals surface area (Å²) in [4.78, 5) is 0. The summed E-state index contributed by atoms with van der Waals surface area (Å²) in [5.41, 5.74) is 8.04. The number of allylic oxidation sites excluding steroid dienone is 2. The molecule has 2 aliphatic carbocycles. The number of fused-ring (bicyclic) bond motifs is 4. The van der Waals surface area contributed by atoms with E-state index in [1.54, 1.807) is 0 Å².